The van der Waals surface area contributed by atoms with Gasteiger partial charge in [-0.2, -0.15) is 5.26 Å². The molecular formula is C17H24N4OS. The maximum atomic E-state index is 12.5. The lowest BCUT2D eigenvalue weighted by Gasteiger charge is -2.29. The number of nitrogens with zero attached hydrogens (tertiary/aromatic N) is 2. The zero-order valence-corrected chi connectivity index (χ0v) is 14.2. The van der Waals surface area contributed by atoms with Crippen LogP contribution in [0.2, 0.25) is 0 Å². The molecule has 2 fully saturated rings. The molecule has 0 aliphatic heterocycles. The van der Waals surface area contributed by atoms with Crippen molar-refractivity contribution in [2.45, 2.75) is 69.7 Å². The molecule has 2 atom stereocenters. The second kappa shape index (κ2) is 7.78. The summed E-state index contributed by atoms with van der Waals surface area (Å²) in [5, 5.41) is 15.3. The van der Waals surface area contributed by atoms with E-state index in [1.165, 1.54) is 37.0 Å². The average molecular weight is 332 g/mol. The molecule has 2 N–H and O–H groups in total. The van der Waals surface area contributed by atoms with Crippen molar-refractivity contribution in [3.8, 4) is 6.19 Å². The predicted molar refractivity (Wildman–Crippen MR) is 91.1 cm³/mol. The molecule has 0 radical (unpaired) electrons. The summed E-state index contributed by atoms with van der Waals surface area (Å²) in [6.07, 6.45) is 14.2. The molecule has 2 saturated carbocycles. The molecule has 2 aliphatic carbocycles. The smallest absolute Gasteiger partial charge is 0.231 e. The van der Waals surface area contributed by atoms with Gasteiger partial charge < -0.3 is 10.6 Å². The van der Waals surface area contributed by atoms with E-state index in [0.29, 0.717) is 11.0 Å². The van der Waals surface area contributed by atoms with Crippen LogP contribution in [0.4, 0.5) is 5.13 Å². The third-order valence-electron chi connectivity index (χ3n) is 5.11. The molecule has 6 heteroatoms. The first-order valence-electron chi connectivity index (χ1n) is 8.69. The summed E-state index contributed by atoms with van der Waals surface area (Å²) in [7, 11) is 0. The Labute approximate surface area is 141 Å². The highest BCUT2D eigenvalue weighted by molar-refractivity contribution is 7.15. The molecule has 0 unspecified atom stereocenters. The fourth-order valence-corrected chi connectivity index (χ4v) is 4.81. The van der Waals surface area contributed by atoms with Crippen LogP contribution in [0.25, 0.3) is 0 Å². The highest BCUT2D eigenvalue weighted by atomic mass is 32.1. The highest BCUT2D eigenvalue weighted by Gasteiger charge is 2.31. The lowest BCUT2D eigenvalue weighted by Crippen LogP contribution is -2.42. The van der Waals surface area contributed by atoms with Crippen molar-refractivity contribution < 1.29 is 4.79 Å². The molecule has 3 rings (SSSR count). The van der Waals surface area contributed by atoms with Gasteiger partial charge in [0.2, 0.25) is 5.91 Å². The third kappa shape index (κ3) is 4.03. The molecular weight excluding hydrogens is 308 g/mol. The van der Waals surface area contributed by atoms with Crippen molar-refractivity contribution in [2.24, 2.45) is 5.92 Å². The van der Waals surface area contributed by atoms with Crippen LogP contribution in [0.3, 0.4) is 0 Å². The minimum absolute atomic E-state index is 0.00185. The molecule has 0 aromatic carbocycles. The van der Waals surface area contributed by atoms with Crippen molar-refractivity contribution >= 4 is 22.4 Å². The Kier molecular flexibility index (Phi) is 5.50. The second-order valence-electron chi connectivity index (χ2n) is 6.65. The topological polar surface area (TPSA) is 77.8 Å². The molecule has 1 aromatic heterocycles. The lowest BCUT2D eigenvalue weighted by molar-refractivity contribution is -0.121. The normalized spacial score (nSPS) is 25.5. The van der Waals surface area contributed by atoms with E-state index in [1.807, 2.05) is 12.4 Å². The van der Waals surface area contributed by atoms with Crippen LogP contribution in [0.1, 0.15) is 68.6 Å². The molecule has 2 aliphatic rings. The van der Waals surface area contributed by atoms with Crippen molar-refractivity contribution in [1.29, 1.82) is 5.26 Å². The Hall–Kier alpha value is -1.61. The van der Waals surface area contributed by atoms with E-state index >= 15 is 0 Å². The molecule has 124 valence electrons. The number of carbonyl (C=O) groups excluding carboxylic acids is 1. The standard InChI is InChI=1S/C17H24N4OS/c18-11-20-14-9-5-4-8-13(14)16(22)21-17-19-10-15(23-17)12-6-2-1-3-7-12/h10,12-14,20H,1-9H2,(H,19,21,22)/t13-,14-/m0/s1. The summed E-state index contributed by atoms with van der Waals surface area (Å²) in [6.45, 7) is 0. The quantitative estimate of drug-likeness (QED) is 0.650. The van der Waals surface area contributed by atoms with Crippen molar-refractivity contribution in [3.05, 3.63) is 11.1 Å². The van der Waals surface area contributed by atoms with Gasteiger partial charge in [-0.05, 0) is 31.6 Å². The molecule has 5 nitrogen and oxygen atoms in total. The molecule has 0 spiro atoms. The van der Waals surface area contributed by atoms with E-state index in [4.69, 9.17) is 5.26 Å². The molecule has 0 saturated heterocycles. The number of nitriles is 1. The number of carbonyl (C=O) groups is 1. The first-order chi connectivity index (χ1) is 11.3. The number of nitrogens with one attached hydrogen (secondary N) is 2. The highest BCUT2D eigenvalue weighted by Crippen LogP contribution is 2.37. The van der Waals surface area contributed by atoms with Gasteiger partial charge in [0.15, 0.2) is 11.3 Å². The molecule has 1 heterocycles. The molecule has 0 bridgehead atoms. The van der Waals surface area contributed by atoms with Crippen LogP contribution in [-0.2, 0) is 4.79 Å². The Morgan fingerprint density at radius 2 is 1.91 bits per heavy atom. The number of anilines is 1. The average Bonchev–Trinajstić information content (AvgIpc) is 3.05. The van der Waals surface area contributed by atoms with Gasteiger partial charge in [0.25, 0.3) is 0 Å². The fourth-order valence-electron chi connectivity index (χ4n) is 3.82. The Morgan fingerprint density at radius 1 is 1.17 bits per heavy atom. The third-order valence-corrected chi connectivity index (χ3v) is 6.19. The van der Waals surface area contributed by atoms with E-state index in [-0.39, 0.29) is 17.9 Å². The van der Waals surface area contributed by atoms with Crippen LogP contribution < -0.4 is 10.6 Å². The molecule has 23 heavy (non-hydrogen) atoms. The van der Waals surface area contributed by atoms with Crippen molar-refractivity contribution in [2.75, 3.05) is 5.32 Å². The maximum Gasteiger partial charge on any atom is 0.231 e. The van der Waals surface area contributed by atoms with Crippen molar-refractivity contribution in [3.63, 3.8) is 0 Å². The van der Waals surface area contributed by atoms with Gasteiger partial charge in [0, 0.05) is 17.1 Å². The number of hydrogen-bond donors (Lipinski definition) is 2. The summed E-state index contributed by atoms with van der Waals surface area (Å²) in [5.74, 6) is 0.488. The Balaban J connectivity index is 1.61. The minimum Gasteiger partial charge on any atom is -0.320 e. The van der Waals surface area contributed by atoms with E-state index in [1.54, 1.807) is 11.3 Å². The van der Waals surface area contributed by atoms with Crippen LogP contribution in [-0.4, -0.2) is 16.9 Å². The van der Waals surface area contributed by atoms with E-state index in [2.05, 4.69) is 15.6 Å². The Bertz CT molecular complexity index is 573. The second-order valence-corrected chi connectivity index (χ2v) is 7.71. The van der Waals surface area contributed by atoms with Gasteiger partial charge in [-0.15, -0.1) is 11.3 Å². The monoisotopic (exact) mass is 332 g/mol. The number of amides is 1. The first-order valence-corrected chi connectivity index (χ1v) is 9.51. The maximum absolute atomic E-state index is 12.5. The van der Waals surface area contributed by atoms with E-state index in [9.17, 15) is 4.79 Å². The van der Waals surface area contributed by atoms with Crippen LogP contribution in [0.15, 0.2) is 6.20 Å². The SMILES string of the molecule is N#CN[C@H]1CCCC[C@@H]1C(=O)Nc1ncc(C2CCCCC2)s1. The number of rotatable bonds is 4. The number of aromatic nitrogens is 1. The van der Waals surface area contributed by atoms with Crippen LogP contribution in [0.5, 0.6) is 0 Å². The lowest BCUT2D eigenvalue weighted by atomic mass is 9.84. The molecule has 1 aromatic rings. The zero-order chi connectivity index (χ0) is 16.1. The summed E-state index contributed by atoms with van der Waals surface area (Å²) in [4.78, 5) is 18.2. The first kappa shape index (κ1) is 16.3. The van der Waals surface area contributed by atoms with Crippen LogP contribution in [0, 0.1) is 17.4 Å². The summed E-state index contributed by atoms with van der Waals surface area (Å²) in [6, 6.07) is -0.0356. The minimum atomic E-state index is -0.134. The fraction of sp³-hybridized carbons (Fsp3) is 0.706. The number of thiazole rings is 1. The summed E-state index contributed by atoms with van der Waals surface area (Å²) in [5.41, 5.74) is 0. The summed E-state index contributed by atoms with van der Waals surface area (Å²) < 4.78 is 0. The Morgan fingerprint density at radius 3 is 2.70 bits per heavy atom. The van der Waals surface area contributed by atoms with Gasteiger partial charge in [-0.25, -0.2) is 4.98 Å². The largest absolute Gasteiger partial charge is 0.320 e. The van der Waals surface area contributed by atoms with Gasteiger partial charge in [-0.1, -0.05) is 32.1 Å². The number of hydrogen-bond acceptors (Lipinski definition) is 5. The van der Waals surface area contributed by atoms with Crippen molar-refractivity contribution in [1.82, 2.24) is 10.3 Å². The van der Waals surface area contributed by atoms with Gasteiger partial charge >= 0.3 is 0 Å². The summed E-state index contributed by atoms with van der Waals surface area (Å²) >= 11 is 1.62. The van der Waals surface area contributed by atoms with Gasteiger partial charge in [-0.3, -0.25) is 4.79 Å². The van der Waals surface area contributed by atoms with Crippen LogP contribution >= 0.6 is 11.3 Å². The van der Waals surface area contributed by atoms with Gasteiger partial charge in [0.1, 0.15) is 0 Å². The van der Waals surface area contributed by atoms with Gasteiger partial charge in [0.05, 0.1) is 5.92 Å². The predicted octanol–water partition coefficient (Wildman–Crippen LogP) is 3.76. The molecule has 1 amide bonds. The van der Waals surface area contributed by atoms with E-state index in [0.717, 1.165) is 25.7 Å². The van der Waals surface area contributed by atoms with E-state index < -0.39 is 0 Å². The zero-order valence-electron chi connectivity index (χ0n) is 13.4.